The number of benzene rings is 1. The first-order valence-electron chi connectivity index (χ1n) is 7.63. The van der Waals surface area contributed by atoms with Gasteiger partial charge in [-0.15, -0.1) is 0 Å². The molecule has 0 spiro atoms. The minimum atomic E-state index is -0.491. The van der Waals surface area contributed by atoms with E-state index in [2.05, 4.69) is 36.4 Å². The Balaban J connectivity index is 1.81. The SMILES string of the molecule is Cc1noc([C@@H](C)NC(=O)c2cccnc2Oc2ccc(F)cc2Br)n1. The van der Waals surface area contributed by atoms with Gasteiger partial charge >= 0.3 is 0 Å². The highest BCUT2D eigenvalue weighted by Crippen LogP contribution is 2.31. The molecule has 26 heavy (non-hydrogen) atoms. The third-order valence-corrected chi connectivity index (χ3v) is 4.00. The summed E-state index contributed by atoms with van der Waals surface area (Å²) in [6, 6.07) is 6.65. The smallest absolute Gasteiger partial charge is 0.257 e. The molecular formula is C17H14BrFN4O3. The van der Waals surface area contributed by atoms with Gasteiger partial charge in [-0.25, -0.2) is 9.37 Å². The maximum absolute atomic E-state index is 13.2. The molecule has 2 aromatic heterocycles. The average molecular weight is 421 g/mol. The van der Waals surface area contributed by atoms with Gasteiger partial charge in [0.1, 0.15) is 23.2 Å². The summed E-state index contributed by atoms with van der Waals surface area (Å²) >= 11 is 3.22. The molecule has 134 valence electrons. The number of aryl methyl sites for hydroxylation is 1. The Labute approximate surface area is 156 Å². The summed E-state index contributed by atoms with van der Waals surface area (Å²) in [6.45, 7) is 3.41. The van der Waals surface area contributed by atoms with Crippen LogP contribution in [0.2, 0.25) is 0 Å². The van der Waals surface area contributed by atoms with Gasteiger partial charge in [0.25, 0.3) is 5.91 Å². The Morgan fingerprint density at radius 1 is 1.38 bits per heavy atom. The van der Waals surface area contributed by atoms with E-state index in [0.717, 1.165) is 0 Å². The first kappa shape index (κ1) is 18.0. The highest BCUT2D eigenvalue weighted by atomic mass is 79.9. The lowest BCUT2D eigenvalue weighted by atomic mass is 10.2. The summed E-state index contributed by atoms with van der Waals surface area (Å²) in [6.07, 6.45) is 1.49. The number of hydrogen-bond donors (Lipinski definition) is 1. The van der Waals surface area contributed by atoms with E-state index in [0.29, 0.717) is 21.9 Å². The second kappa shape index (κ2) is 7.61. The van der Waals surface area contributed by atoms with Gasteiger partial charge in [-0.2, -0.15) is 4.98 Å². The van der Waals surface area contributed by atoms with E-state index in [1.54, 1.807) is 26.0 Å². The summed E-state index contributed by atoms with van der Waals surface area (Å²) in [5.74, 6) is 0.365. The molecule has 1 aromatic carbocycles. The minimum Gasteiger partial charge on any atom is -0.437 e. The number of carbonyl (C=O) groups excluding carboxylic acids is 1. The molecule has 0 aliphatic carbocycles. The number of nitrogens with one attached hydrogen (secondary N) is 1. The van der Waals surface area contributed by atoms with Crippen LogP contribution in [0.5, 0.6) is 11.6 Å². The van der Waals surface area contributed by atoms with Crippen molar-refractivity contribution in [1.82, 2.24) is 20.4 Å². The van der Waals surface area contributed by atoms with Crippen LogP contribution in [0.1, 0.15) is 35.0 Å². The van der Waals surface area contributed by atoms with E-state index in [1.165, 1.54) is 24.4 Å². The van der Waals surface area contributed by atoms with Crippen molar-refractivity contribution in [2.24, 2.45) is 0 Å². The molecule has 7 nitrogen and oxygen atoms in total. The lowest BCUT2D eigenvalue weighted by Crippen LogP contribution is -2.27. The lowest BCUT2D eigenvalue weighted by molar-refractivity contribution is 0.0929. The number of halogens is 2. The second-order valence-corrected chi connectivity index (χ2v) is 6.26. The number of carbonyl (C=O) groups is 1. The summed E-state index contributed by atoms with van der Waals surface area (Å²) in [7, 11) is 0. The van der Waals surface area contributed by atoms with Gasteiger partial charge in [0.05, 0.1) is 4.47 Å². The van der Waals surface area contributed by atoms with Crippen LogP contribution in [-0.4, -0.2) is 21.0 Å². The number of pyridine rings is 1. The fraction of sp³-hybridized carbons (Fsp3) is 0.176. The van der Waals surface area contributed by atoms with E-state index in [9.17, 15) is 9.18 Å². The third kappa shape index (κ3) is 4.05. The van der Waals surface area contributed by atoms with Crippen LogP contribution in [0.3, 0.4) is 0 Å². The van der Waals surface area contributed by atoms with Crippen LogP contribution >= 0.6 is 15.9 Å². The van der Waals surface area contributed by atoms with Crippen molar-refractivity contribution < 1.29 is 18.4 Å². The molecule has 0 unspecified atom stereocenters. The van der Waals surface area contributed by atoms with Crippen molar-refractivity contribution in [2.75, 3.05) is 0 Å². The minimum absolute atomic E-state index is 0.0891. The van der Waals surface area contributed by atoms with Gasteiger partial charge in [0.15, 0.2) is 5.82 Å². The van der Waals surface area contributed by atoms with Crippen LogP contribution in [-0.2, 0) is 0 Å². The molecule has 0 radical (unpaired) electrons. The van der Waals surface area contributed by atoms with Crippen LogP contribution in [0, 0.1) is 12.7 Å². The molecule has 0 saturated carbocycles. The van der Waals surface area contributed by atoms with Crippen molar-refractivity contribution in [3.63, 3.8) is 0 Å². The van der Waals surface area contributed by atoms with Crippen LogP contribution in [0.4, 0.5) is 4.39 Å². The molecule has 0 bridgehead atoms. The fourth-order valence-corrected chi connectivity index (χ4v) is 2.56. The number of ether oxygens (including phenoxy) is 1. The zero-order valence-corrected chi connectivity index (χ0v) is 15.4. The molecule has 3 aromatic rings. The molecule has 1 amide bonds. The van der Waals surface area contributed by atoms with E-state index in [1.807, 2.05) is 0 Å². The zero-order valence-electron chi connectivity index (χ0n) is 13.9. The summed E-state index contributed by atoms with van der Waals surface area (Å²) in [5, 5.41) is 6.45. The van der Waals surface area contributed by atoms with Crippen LogP contribution < -0.4 is 10.1 Å². The summed E-state index contributed by atoms with van der Waals surface area (Å²) in [5.41, 5.74) is 0.215. The Hall–Kier alpha value is -2.81. The quantitative estimate of drug-likeness (QED) is 0.671. The number of amides is 1. The van der Waals surface area contributed by atoms with Crippen molar-refractivity contribution in [1.29, 1.82) is 0 Å². The molecule has 9 heteroatoms. The maximum atomic E-state index is 13.2. The van der Waals surface area contributed by atoms with E-state index < -0.39 is 17.8 Å². The van der Waals surface area contributed by atoms with Crippen molar-refractivity contribution in [3.05, 3.63) is 64.1 Å². The van der Waals surface area contributed by atoms with Gasteiger partial charge in [0.2, 0.25) is 11.8 Å². The van der Waals surface area contributed by atoms with Crippen LogP contribution in [0.15, 0.2) is 45.5 Å². The Kier molecular flexibility index (Phi) is 5.27. The standard InChI is InChI=1S/C17H14BrFN4O3/c1-9(16-22-10(2)23-26-16)21-15(24)12-4-3-7-20-17(12)25-14-6-5-11(19)8-13(14)18/h3-9H,1-2H3,(H,21,24)/t9-/m1/s1. The number of rotatable bonds is 5. The first-order chi connectivity index (χ1) is 12.4. The van der Waals surface area contributed by atoms with Gasteiger partial charge in [-0.3, -0.25) is 4.79 Å². The third-order valence-electron chi connectivity index (χ3n) is 3.38. The van der Waals surface area contributed by atoms with Gasteiger partial charge in [0, 0.05) is 6.20 Å². The molecule has 2 heterocycles. The Morgan fingerprint density at radius 2 is 2.19 bits per heavy atom. The largest absolute Gasteiger partial charge is 0.437 e. The summed E-state index contributed by atoms with van der Waals surface area (Å²) < 4.78 is 24.3. The van der Waals surface area contributed by atoms with Crippen molar-refractivity contribution >= 4 is 21.8 Å². The first-order valence-corrected chi connectivity index (χ1v) is 8.42. The van der Waals surface area contributed by atoms with Crippen LogP contribution in [0.25, 0.3) is 0 Å². The molecule has 3 rings (SSSR count). The number of nitrogens with zero attached hydrogens (tertiary/aromatic N) is 3. The molecule has 1 atom stereocenters. The van der Waals surface area contributed by atoms with E-state index in [4.69, 9.17) is 9.26 Å². The lowest BCUT2D eigenvalue weighted by Gasteiger charge is -2.13. The monoisotopic (exact) mass is 420 g/mol. The summed E-state index contributed by atoms with van der Waals surface area (Å²) in [4.78, 5) is 20.8. The topological polar surface area (TPSA) is 90.1 Å². The normalized spacial score (nSPS) is 11.8. The predicted octanol–water partition coefficient (Wildman–Crippen LogP) is 3.96. The molecular weight excluding hydrogens is 407 g/mol. The number of hydrogen-bond acceptors (Lipinski definition) is 6. The molecule has 1 N–H and O–H groups in total. The Morgan fingerprint density at radius 3 is 2.88 bits per heavy atom. The maximum Gasteiger partial charge on any atom is 0.257 e. The second-order valence-electron chi connectivity index (χ2n) is 5.41. The van der Waals surface area contributed by atoms with E-state index in [-0.39, 0.29) is 11.4 Å². The molecule has 0 aliphatic rings. The fourth-order valence-electron chi connectivity index (χ4n) is 2.13. The predicted molar refractivity (Wildman–Crippen MR) is 93.3 cm³/mol. The Bertz CT molecular complexity index is 947. The molecule has 0 fully saturated rings. The zero-order chi connectivity index (χ0) is 18.7. The molecule has 0 aliphatic heterocycles. The van der Waals surface area contributed by atoms with Gasteiger partial charge in [-0.05, 0) is 60.1 Å². The van der Waals surface area contributed by atoms with Crippen molar-refractivity contribution in [2.45, 2.75) is 19.9 Å². The number of aromatic nitrogens is 3. The van der Waals surface area contributed by atoms with Gasteiger partial charge < -0.3 is 14.6 Å². The highest BCUT2D eigenvalue weighted by Gasteiger charge is 2.20. The average Bonchev–Trinajstić information content (AvgIpc) is 3.04. The highest BCUT2D eigenvalue weighted by molar-refractivity contribution is 9.10. The molecule has 0 saturated heterocycles. The van der Waals surface area contributed by atoms with Gasteiger partial charge in [-0.1, -0.05) is 5.16 Å². The van der Waals surface area contributed by atoms with E-state index >= 15 is 0 Å². The van der Waals surface area contributed by atoms with Crippen molar-refractivity contribution in [3.8, 4) is 11.6 Å².